The maximum absolute atomic E-state index is 11.5. The van der Waals surface area contributed by atoms with Crippen molar-refractivity contribution in [2.24, 2.45) is 5.73 Å². The number of nitrogens with two attached hydrogens (primary N) is 1. The number of rotatable bonds is 3. The second-order valence-corrected chi connectivity index (χ2v) is 6.07. The molecule has 3 aromatic rings. The molecule has 2 aromatic carbocycles. The summed E-state index contributed by atoms with van der Waals surface area (Å²) in [6.45, 7) is 0.888. The third kappa shape index (κ3) is 2.46. The molecule has 1 aromatic heterocycles. The Bertz CT molecular complexity index is 817. The van der Waals surface area contributed by atoms with Crippen molar-refractivity contribution in [2.45, 2.75) is 18.9 Å². The monoisotopic (exact) mass is 305 g/mol. The van der Waals surface area contributed by atoms with Gasteiger partial charge in [-0.05, 0) is 42.7 Å². The number of hydrogen-bond donors (Lipinski definition) is 2. The number of amides is 1. The van der Waals surface area contributed by atoms with Crippen LogP contribution in [-0.2, 0) is 4.79 Å². The summed E-state index contributed by atoms with van der Waals surface area (Å²) in [6.07, 6.45) is 1.86. The molecule has 0 radical (unpaired) electrons. The molecule has 0 aliphatic carbocycles. The Balaban J connectivity index is 1.64. The molecular weight excluding hydrogens is 286 g/mol. The molecule has 0 bridgehead atoms. The van der Waals surface area contributed by atoms with Gasteiger partial charge in [-0.15, -0.1) is 0 Å². The molecule has 1 unspecified atom stereocenters. The Morgan fingerprint density at radius 1 is 1.13 bits per heavy atom. The summed E-state index contributed by atoms with van der Waals surface area (Å²) in [5.41, 5.74) is 9.95. The van der Waals surface area contributed by atoms with Gasteiger partial charge >= 0.3 is 0 Å². The first-order valence-electron chi connectivity index (χ1n) is 7.96. The minimum absolute atomic E-state index is 0.172. The number of aromatic amines is 1. The summed E-state index contributed by atoms with van der Waals surface area (Å²) in [5.74, 6) is -0.234. The molecule has 0 saturated carbocycles. The van der Waals surface area contributed by atoms with E-state index >= 15 is 0 Å². The van der Waals surface area contributed by atoms with Gasteiger partial charge in [0.05, 0.1) is 0 Å². The third-order valence-electron chi connectivity index (χ3n) is 4.62. The number of nitrogens with zero attached hydrogens (tertiary/aromatic N) is 1. The normalized spacial score (nSPS) is 17.7. The van der Waals surface area contributed by atoms with Gasteiger partial charge in [0.25, 0.3) is 0 Å². The molecule has 4 heteroatoms. The Morgan fingerprint density at radius 3 is 2.65 bits per heavy atom. The van der Waals surface area contributed by atoms with Gasteiger partial charge in [-0.2, -0.15) is 0 Å². The van der Waals surface area contributed by atoms with Crippen LogP contribution in [0.3, 0.4) is 0 Å². The predicted molar refractivity (Wildman–Crippen MR) is 93.3 cm³/mol. The van der Waals surface area contributed by atoms with Gasteiger partial charge < -0.3 is 15.6 Å². The van der Waals surface area contributed by atoms with Gasteiger partial charge in [-0.3, -0.25) is 4.79 Å². The fraction of sp³-hybridized carbons (Fsp3) is 0.211. The molecule has 1 saturated heterocycles. The van der Waals surface area contributed by atoms with Crippen LogP contribution < -0.4 is 10.6 Å². The summed E-state index contributed by atoms with van der Waals surface area (Å²) in [7, 11) is 0. The van der Waals surface area contributed by atoms with E-state index in [-0.39, 0.29) is 11.9 Å². The minimum atomic E-state index is -0.234. The van der Waals surface area contributed by atoms with Crippen molar-refractivity contribution >= 4 is 22.5 Å². The molecule has 4 rings (SSSR count). The van der Waals surface area contributed by atoms with Gasteiger partial charge in [0, 0.05) is 28.8 Å². The van der Waals surface area contributed by atoms with Crippen molar-refractivity contribution in [1.29, 1.82) is 0 Å². The molecule has 1 aliphatic heterocycles. The quantitative estimate of drug-likeness (QED) is 0.780. The molecule has 3 N–H and O–H groups in total. The fourth-order valence-electron chi connectivity index (χ4n) is 3.43. The van der Waals surface area contributed by atoms with E-state index in [1.807, 2.05) is 12.1 Å². The van der Waals surface area contributed by atoms with Crippen LogP contribution in [0.5, 0.6) is 0 Å². The lowest BCUT2D eigenvalue weighted by molar-refractivity contribution is -0.119. The summed E-state index contributed by atoms with van der Waals surface area (Å²) in [6, 6.07) is 18.6. The van der Waals surface area contributed by atoms with E-state index in [0.29, 0.717) is 0 Å². The Kier molecular flexibility index (Phi) is 3.30. The average molecular weight is 305 g/mol. The van der Waals surface area contributed by atoms with Crippen LogP contribution in [0.1, 0.15) is 12.8 Å². The predicted octanol–water partition coefficient (Wildman–Crippen LogP) is 3.29. The number of para-hydroxylation sites is 1. The van der Waals surface area contributed by atoms with Crippen LogP contribution >= 0.6 is 0 Å². The summed E-state index contributed by atoms with van der Waals surface area (Å²) in [5, 5.41) is 1.21. The van der Waals surface area contributed by atoms with E-state index in [9.17, 15) is 4.79 Å². The molecule has 2 heterocycles. The first-order valence-corrected chi connectivity index (χ1v) is 7.96. The molecule has 1 aliphatic rings. The molecule has 116 valence electrons. The van der Waals surface area contributed by atoms with Gasteiger partial charge in [0.2, 0.25) is 5.91 Å². The first kappa shape index (κ1) is 13.9. The lowest BCUT2D eigenvalue weighted by atomic mass is 10.1. The van der Waals surface area contributed by atoms with E-state index in [1.165, 1.54) is 5.39 Å². The van der Waals surface area contributed by atoms with Crippen LogP contribution in [0.4, 0.5) is 5.69 Å². The van der Waals surface area contributed by atoms with E-state index in [2.05, 4.69) is 52.3 Å². The van der Waals surface area contributed by atoms with Crippen molar-refractivity contribution in [3.05, 3.63) is 54.6 Å². The van der Waals surface area contributed by atoms with E-state index in [1.54, 1.807) is 0 Å². The fourth-order valence-corrected chi connectivity index (χ4v) is 3.43. The van der Waals surface area contributed by atoms with Crippen LogP contribution in [0.2, 0.25) is 0 Å². The van der Waals surface area contributed by atoms with Crippen LogP contribution in [-0.4, -0.2) is 23.5 Å². The largest absolute Gasteiger partial charge is 0.368 e. The second-order valence-electron chi connectivity index (χ2n) is 6.07. The highest BCUT2D eigenvalue weighted by Gasteiger charge is 2.28. The van der Waals surface area contributed by atoms with Crippen LogP contribution in [0, 0.1) is 0 Å². The summed E-state index contributed by atoms with van der Waals surface area (Å²) >= 11 is 0. The van der Waals surface area contributed by atoms with E-state index in [4.69, 9.17) is 5.73 Å². The zero-order valence-corrected chi connectivity index (χ0v) is 12.8. The Labute approximate surface area is 134 Å². The van der Waals surface area contributed by atoms with Gasteiger partial charge in [0.15, 0.2) is 0 Å². The number of hydrogen-bond acceptors (Lipinski definition) is 2. The van der Waals surface area contributed by atoms with Crippen molar-refractivity contribution in [1.82, 2.24) is 4.98 Å². The number of benzene rings is 2. The lowest BCUT2D eigenvalue weighted by Crippen LogP contribution is -2.40. The molecule has 1 atom stereocenters. The van der Waals surface area contributed by atoms with Gasteiger partial charge in [-0.25, -0.2) is 0 Å². The topological polar surface area (TPSA) is 62.1 Å². The second kappa shape index (κ2) is 5.47. The van der Waals surface area contributed by atoms with Crippen LogP contribution in [0.15, 0.2) is 54.6 Å². The number of primary amides is 1. The zero-order valence-electron chi connectivity index (χ0n) is 12.8. The lowest BCUT2D eigenvalue weighted by Gasteiger charge is -2.24. The number of carbonyl (C=O) groups excluding carboxylic acids is 1. The number of anilines is 1. The third-order valence-corrected chi connectivity index (χ3v) is 4.62. The van der Waals surface area contributed by atoms with Gasteiger partial charge in [0.1, 0.15) is 6.04 Å². The van der Waals surface area contributed by atoms with Crippen molar-refractivity contribution < 1.29 is 4.79 Å². The molecule has 0 spiro atoms. The molecule has 1 amide bonds. The zero-order chi connectivity index (χ0) is 15.8. The highest BCUT2D eigenvalue weighted by atomic mass is 16.1. The highest BCUT2D eigenvalue weighted by Crippen LogP contribution is 2.29. The molecule has 1 fully saturated rings. The molecule has 4 nitrogen and oxygen atoms in total. The van der Waals surface area contributed by atoms with Crippen LogP contribution in [0.25, 0.3) is 22.2 Å². The summed E-state index contributed by atoms with van der Waals surface area (Å²) in [4.78, 5) is 17.1. The Morgan fingerprint density at radius 2 is 1.91 bits per heavy atom. The number of aromatic nitrogens is 1. The van der Waals surface area contributed by atoms with Gasteiger partial charge in [-0.1, -0.05) is 30.3 Å². The number of nitrogens with one attached hydrogen (secondary N) is 1. The first-order chi connectivity index (χ1) is 11.2. The highest BCUT2D eigenvalue weighted by molar-refractivity contribution is 5.86. The van der Waals surface area contributed by atoms with Crippen molar-refractivity contribution in [3.8, 4) is 11.3 Å². The smallest absolute Gasteiger partial charge is 0.240 e. The number of carbonyl (C=O) groups is 1. The maximum Gasteiger partial charge on any atom is 0.240 e. The van der Waals surface area contributed by atoms with E-state index < -0.39 is 0 Å². The maximum atomic E-state index is 11.5. The standard InChI is InChI=1S/C19H19N3O/c20-19(23)18-6-3-11-22(18)15-9-7-13(8-10-15)17-12-14-4-1-2-5-16(14)21-17/h1-2,4-5,7-10,12,18,21H,3,6,11H2,(H2,20,23). The van der Waals surface area contributed by atoms with Crippen molar-refractivity contribution in [3.63, 3.8) is 0 Å². The number of fused-ring (bicyclic) bond motifs is 1. The minimum Gasteiger partial charge on any atom is -0.368 e. The molecular formula is C19H19N3O. The molecule has 23 heavy (non-hydrogen) atoms. The van der Waals surface area contributed by atoms with Crippen molar-refractivity contribution in [2.75, 3.05) is 11.4 Å². The SMILES string of the molecule is NC(=O)C1CCCN1c1ccc(-c2cc3ccccc3[nH]2)cc1. The number of H-pyrrole nitrogens is 1. The average Bonchev–Trinajstić information content (AvgIpc) is 3.22. The summed E-state index contributed by atoms with van der Waals surface area (Å²) < 4.78 is 0. The Hall–Kier alpha value is -2.75. The van der Waals surface area contributed by atoms with E-state index in [0.717, 1.165) is 41.8 Å².